The van der Waals surface area contributed by atoms with Gasteiger partial charge in [-0.2, -0.15) is 5.48 Å². The molecule has 2 aromatic rings. The summed E-state index contributed by atoms with van der Waals surface area (Å²) in [7, 11) is 0. The van der Waals surface area contributed by atoms with Crippen LogP contribution in [-0.2, 0) is 11.4 Å². The third-order valence-corrected chi connectivity index (χ3v) is 3.89. The van der Waals surface area contributed by atoms with Crippen molar-refractivity contribution in [3.8, 4) is 0 Å². The summed E-state index contributed by atoms with van der Waals surface area (Å²) in [5.41, 5.74) is 4.41. The highest BCUT2D eigenvalue weighted by Crippen LogP contribution is 2.20. The molecule has 2 aromatic carbocycles. The Balaban J connectivity index is 1.56. The third kappa shape index (κ3) is 3.34. The molecule has 1 saturated carbocycles. The van der Waals surface area contributed by atoms with Gasteiger partial charge < -0.3 is 0 Å². The molecule has 0 atom stereocenters. The van der Waals surface area contributed by atoms with Gasteiger partial charge in [-0.05, 0) is 35.2 Å². The van der Waals surface area contributed by atoms with Crippen molar-refractivity contribution in [3.05, 3.63) is 48.0 Å². The van der Waals surface area contributed by atoms with Crippen molar-refractivity contribution in [2.75, 3.05) is 0 Å². The van der Waals surface area contributed by atoms with Crippen molar-refractivity contribution in [2.24, 2.45) is 0 Å². The van der Waals surface area contributed by atoms with Crippen LogP contribution < -0.4 is 5.48 Å². The normalized spacial score (nSPS) is 16.8. The van der Waals surface area contributed by atoms with E-state index in [0.29, 0.717) is 6.10 Å². The third-order valence-electron chi connectivity index (χ3n) is 3.89. The lowest BCUT2D eigenvalue weighted by Gasteiger charge is -2.21. The second-order valence-electron chi connectivity index (χ2n) is 5.38. The van der Waals surface area contributed by atoms with E-state index in [-0.39, 0.29) is 0 Å². The number of rotatable bonds is 4. The van der Waals surface area contributed by atoms with Gasteiger partial charge in [-0.3, -0.25) is 4.84 Å². The van der Waals surface area contributed by atoms with E-state index in [1.54, 1.807) is 0 Å². The molecule has 1 aliphatic carbocycles. The zero-order valence-electron chi connectivity index (χ0n) is 11.3. The standard InChI is InChI=1S/C17H21NO/c1-2-8-17(9-3-1)19-18-13-14-10-11-15-6-4-5-7-16(15)12-14/h4-7,10-12,17-18H,1-3,8-9,13H2. The Kier molecular flexibility index (Phi) is 4.11. The SMILES string of the molecule is c1ccc2cc(CNOC3CCCCC3)ccc2c1. The minimum Gasteiger partial charge on any atom is -0.298 e. The maximum atomic E-state index is 5.75. The van der Waals surface area contributed by atoms with Crippen molar-refractivity contribution in [2.45, 2.75) is 44.8 Å². The predicted molar refractivity (Wildman–Crippen MR) is 78.7 cm³/mol. The number of fused-ring (bicyclic) bond motifs is 1. The first-order chi connectivity index (χ1) is 9.42. The molecule has 1 aliphatic rings. The number of nitrogens with one attached hydrogen (secondary N) is 1. The highest BCUT2D eigenvalue weighted by atomic mass is 16.7. The van der Waals surface area contributed by atoms with Crippen LogP contribution in [0.15, 0.2) is 42.5 Å². The number of benzene rings is 2. The fourth-order valence-electron chi connectivity index (χ4n) is 2.77. The van der Waals surface area contributed by atoms with Crippen LogP contribution in [0.4, 0.5) is 0 Å². The smallest absolute Gasteiger partial charge is 0.0790 e. The molecule has 0 amide bonds. The predicted octanol–water partition coefficient (Wildman–Crippen LogP) is 4.19. The summed E-state index contributed by atoms with van der Waals surface area (Å²) in [6.45, 7) is 0.779. The van der Waals surface area contributed by atoms with Gasteiger partial charge in [0, 0.05) is 6.54 Å². The van der Waals surface area contributed by atoms with Gasteiger partial charge >= 0.3 is 0 Å². The summed E-state index contributed by atoms with van der Waals surface area (Å²) in [4.78, 5) is 5.75. The van der Waals surface area contributed by atoms with Gasteiger partial charge in [-0.1, -0.05) is 55.7 Å². The van der Waals surface area contributed by atoms with Crippen molar-refractivity contribution in [3.63, 3.8) is 0 Å². The molecule has 0 radical (unpaired) electrons. The van der Waals surface area contributed by atoms with Crippen LogP contribution in [0.3, 0.4) is 0 Å². The van der Waals surface area contributed by atoms with Crippen LogP contribution in [0.1, 0.15) is 37.7 Å². The second kappa shape index (κ2) is 6.18. The van der Waals surface area contributed by atoms with Gasteiger partial charge in [-0.25, -0.2) is 0 Å². The fourth-order valence-corrected chi connectivity index (χ4v) is 2.77. The topological polar surface area (TPSA) is 21.3 Å². The first kappa shape index (κ1) is 12.6. The quantitative estimate of drug-likeness (QED) is 0.827. The van der Waals surface area contributed by atoms with Crippen LogP contribution in [0.25, 0.3) is 10.8 Å². The Labute approximate surface area is 114 Å². The second-order valence-corrected chi connectivity index (χ2v) is 5.38. The molecule has 3 rings (SSSR count). The Bertz CT molecular complexity index is 532. The molecule has 19 heavy (non-hydrogen) atoms. The Morgan fingerprint density at radius 2 is 1.74 bits per heavy atom. The van der Waals surface area contributed by atoms with Gasteiger partial charge in [0.1, 0.15) is 0 Å². The van der Waals surface area contributed by atoms with E-state index in [4.69, 9.17) is 4.84 Å². The Morgan fingerprint density at radius 1 is 0.947 bits per heavy atom. The van der Waals surface area contributed by atoms with E-state index in [2.05, 4.69) is 47.9 Å². The van der Waals surface area contributed by atoms with Crippen molar-refractivity contribution in [1.82, 2.24) is 5.48 Å². The maximum Gasteiger partial charge on any atom is 0.0790 e. The van der Waals surface area contributed by atoms with Crippen LogP contribution in [-0.4, -0.2) is 6.10 Å². The number of hydroxylamine groups is 1. The molecule has 0 unspecified atom stereocenters. The fraction of sp³-hybridized carbons (Fsp3) is 0.412. The minimum atomic E-state index is 0.411. The zero-order chi connectivity index (χ0) is 12.9. The number of hydrogen-bond acceptors (Lipinski definition) is 2. The van der Waals surface area contributed by atoms with Gasteiger partial charge in [-0.15, -0.1) is 0 Å². The lowest BCUT2D eigenvalue weighted by atomic mass is 9.98. The molecular formula is C17H21NO. The highest BCUT2D eigenvalue weighted by Gasteiger charge is 2.13. The van der Waals surface area contributed by atoms with E-state index >= 15 is 0 Å². The van der Waals surface area contributed by atoms with Crippen LogP contribution in [0, 0.1) is 0 Å². The van der Waals surface area contributed by atoms with E-state index in [0.717, 1.165) is 6.54 Å². The average molecular weight is 255 g/mol. The summed E-state index contributed by atoms with van der Waals surface area (Å²) in [6, 6.07) is 15.0. The van der Waals surface area contributed by atoms with Crippen LogP contribution in [0.5, 0.6) is 0 Å². The molecule has 100 valence electrons. The van der Waals surface area contributed by atoms with Gasteiger partial charge in [0.2, 0.25) is 0 Å². The largest absolute Gasteiger partial charge is 0.298 e. The molecule has 0 spiro atoms. The first-order valence-electron chi connectivity index (χ1n) is 7.28. The van der Waals surface area contributed by atoms with Gasteiger partial charge in [0.05, 0.1) is 6.10 Å². The lowest BCUT2D eigenvalue weighted by Crippen LogP contribution is -2.25. The minimum absolute atomic E-state index is 0.411. The van der Waals surface area contributed by atoms with Crippen molar-refractivity contribution in [1.29, 1.82) is 0 Å². The number of hydrogen-bond donors (Lipinski definition) is 1. The molecule has 1 fully saturated rings. The average Bonchev–Trinajstić information content (AvgIpc) is 2.48. The molecule has 0 saturated heterocycles. The van der Waals surface area contributed by atoms with Crippen molar-refractivity contribution < 1.29 is 4.84 Å². The van der Waals surface area contributed by atoms with Crippen LogP contribution >= 0.6 is 0 Å². The molecule has 1 N–H and O–H groups in total. The molecule has 0 aliphatic heterocycles. The van der Waals surface area contributed by atoms with Crippen LogP contribution in [0.2, 0.25) is 0 Å². The van der Waals surface area contributed by atoms with E-state index < -0.39 is 0 Å². The highest BCUT2D eigenvalue weighted by molar-refractivity contribution is 5.82. The summed E-state index contributed by atoms with van der Waals surface area (Å²) in [5, 5.41) is 2.58. The summed E-state index contributed by atoms with van der Waals surface area (Å²) >= 11 is 0. The molecular weight excluding hydrogens is 234 g/mol. The lowest BCUT2D eigenvalue weighted by molar-refractivity contribution is -0.0453. The van der Waals surface area contributed by atoms with Gasteiger partial charge in [0.25, 0.3) is 0 Å². The summed E-state index contributed by atoms with van der Waals surface area (Å²) in [5.74, 6) is 0. The zero-order valence-corrected chi connectivity index (χ0v) is 11.3. The molecule has 2 heteroatoms. The maximum absolute atomic E-state index is 5.75. The Morgan fingerprint density at radius 3 is 2.58 bits per heavy atom. The molecule has 0 heterocycles. The molecule has 0 aromatic heterocycles. The van der Waals surface area contributed by atoms with Crippen molar-refractivity contribution >= 4 is 10.8 Å². The van der Waals surface area contributed by atoms with E-state index in [9.17, 15) is 0 Å². The van der Waals surface area contributed by atoms with E-state index in [1.807, 2.05) is 0 Å². The van der Waals surface area contributed by atoms with Gasteiger partial charge in [0.15, 0.2) is 0 Å². The summed E-state index contributed by atoms with van der Waals surface area (Å²) in [6.07, 6.45) is 6.79. The Hall–Kier alpha value is -1.38. The molecule has 0 bridgehead atoms. The monoisotopic (exact) mass is 255 g/mol. The van der Waals surface area contributed by atoms with E-state index in [1.165, 1.54) is 48.4 Å². The first-order valence-corrected chi connectivity index (χ1v) is 7.28. The summed E-state index contributed by atoms with van der Waals surface area (Å²) < 4.78 is 0. The molecule has 2 nitrogen and oxygen atoms in total.